The molecule has 0 aliphatic carbocycles. The molecule has 0 aliphatic rings. The van der Waals surface area contributed by atoms with Crippen molar-refractivity contribution < 1.29 is 9.18 Å². The number of carbonyl (C=O) groups excluding carboxylic acids is 1. The summed E-state index contributed by atoms with van der Waals surface area (Å²) in [5.41, 5.74) is 3.80. The fraction of sp³-hybridized carbons (Fsp3) is 0.111. The van der Waals surface area contributed by atoms with Gasteiger partial charge in [-0.2, -0.15) is 0 Å². The second kappa shape index (κ2) is 7.65. The summed E-state index contributed by atoms with van der Waals surface area (Å²) in [6.45, 7) is 3.99. The number of hydrogen-bond donors (Lipinski definition) is 2. The fourth-order valence-electron chi connectivity index (χ4n) is 1.94. The van der Waals surface area contributed by atoms with Gasteiger partial charge in [-0.15, -0.1) is 0 Å². The highest BCUT2D eigenvalue weighted by molar-refractivity contribution is 7.80. The van der Waals surface area contributed by atoms with Crippen molar-refractivity contribution in [3.05, 3.63) is 71.0 Å². The van der Waals surface area contributed by atoms with Crippen LogP contribution in [0.2, 0.25) is 0 Å². The molecular formula is C18H17FN2OS. The molecule has 0 spiro atoms. The Morgan fingerprint density at radius 1 is 1.13 bits per heavy atom. The number of anilines is 1. The van der Waals surface area contributed by atoms with E-state index in [-0.39, 0.29) is 16.8 Å². The summed E-state index contributed by atoms with van der Waals surface area (Å²) in [4.78, 5) is 11.8. The Labute approximate surface area is 140 Å². The predicted molar refractivity (Wildman–Crippen MR) is 95.7 cm³/mol. The lowest BCUT2D eigenvalue weighted by atomic mass is 10.1. The van der Waals surface area contributed by atoms with Gasteiger partial charge in [0.1, 0.15) is 5.82 Å². The summed E-state index contributed by atoms with van der Waals surface area (Å²) in [6, 6.07) is 11.7. The molecule has 23 heavy (non-hydrogen) atoms. The van der Waals surface area contributed by atoms with Gasteiger partial charge in [0, 0.05) is 11.8 Å². The van der Waals surface area contributed by atoms with Gasteiger partial charge in [-0.05, 0) is 67.0 Å². The van der Waals surface area contributed by atoms with Crippen LogP contribution in [0.3, 0.4) is 0 Å². The molecular weight excluding hydrogens is 311 g/mol. The SMILES string of the molecule is Cc1cccc(NC(=S)NC(=O)/C=C\c2ccc(F)cc2)c1C. The molecule has 2 N–H and O–H groups in total. The molecule has 0 saturated heterocycles. The third kappa shape index (κ3) is 5.00. The number of aryl methyl sites for hydroxylation is 1. The zero-order chi connectivity index (χ0) is 16.8. The molecule has 5 heteroatoms. The monoisotopic (exact) mass is 328 g/mol. The van der Waals surface area contributed by atoms with Gasteiger partial charge >= 0.3 is 0 Å². The molecule has 0 heterocycles. The minimum Gasteiger partial charge on any atom is -0.332 e. The Morgan fingerprint density at radius 3 is 2.52 bits per heavy atom. The maximum Gasteiger partial charge on any atom is 0.250 e. The molecule has 0 atom stereocenters. The van der Waals surface area contributed by atoms with E-state index in [2.05, 4.69) is 10.6 Å². The molecule has 0 unspecified atom stereocenters. The van der Waals surface area contributed by atoms with Crippen LogP contribution < -0.4 is 10.6 Å². The van der Waals surface area contributed by atoms with E-state index in [1.54, 1.807) is 18.2 Å². The van der Waals surface area contributed by atoms with Crippen LogP contribution in [0.5, 0.6) is 0 Å². The first-order chi connectivity index (χ1) is 11.0. The quantitative estimate of drug-likeness (QED) is 0.662. The van der Waals surface area contributed by atoms with Crippen molar-refractivity contribution in [3.8, 4) is 0 Å². The highest BCUT2D eigenvalue weighted by atomic mass is 32.1. The molecule has 0 fully saturated rings. The minimum atomic E-state index is -0.350. The van der Waals surface area contributed by atoms with Crippen LogP contribution in [0.25, 0.3) is 6.08 Å². The zero-order valence-electron chi connectivity index (χ0n) is 12.9. The standard InChI is InChI=1S/C18H17FN2OS/c1-12-4-3-5-16(13(12)2)20-18(23)21-17(22)11-8-14-6-9-15(19)10-7-14/h3-11H,1-2H3,(H2,20,21,22,23)/b11-8-. The molecule has 0 saturated carbocycles. The molecule has 2 rings (SSSR count). The average molecular weight is 328 g/mol. The fourth-order valence-corrected chi connectivity index (χ4v) is 2.15. The summed E-state index contributed by atoms with van der Waals surface area (Å²) in [5.74, 6) is -0.664. The van der Waals surface area contributed by atoms with E-state index < -0.39 is 0 Å². The summed E-state index contributed by atoms with van der Waals surface area (Å²) in [5, 5.41) is 5.81. The van der Waals surface area contributed by atoms with Crippen LogP contribution >= 0.6 is 12.2 Å². The first kappa shape index (κ1) is 16.8. The lowest BCUT2D eigenvalue weighted by molar-refractivity contribution is -0.115. The molecule has 1 amide bonds. The Hall–Kier alpha value is -2.53. The number of rotatable bonds is 3. The Bertz CT molecular complexity index is 754. The second-order valence-electron chi connectivity index (χ2n) is 5.08. The number of hydrogen-bond acceptors (Lipinski definition) is 2. The maximum absolute atomic E-state index is 12.8. The molecule has 3 nitrogen and oxygen atoms in total. The van der Waals surface area contributed by atoms with Gasteiger partial charge in [0.05, 0.1) is 0 Å². The lowest BCUT2D eigenvalue weighted by Crippen LogP contribution is -2.33. The first-order valence-electron chi connectivity index (χ1n) is 7.07. The van der Waals surface area contributed by atoms with Crippen molar-refractivity contribution >= 4 is 35.0 Å². The van der Waals surface area contributed by atoms with Crippen LogP contribution in [0.15, 0.2) is 48.5 Å². The van der Waals surface area contributed by atoms with Gasteiger partial charge in [-0.1, -0.05) is 24.3 Å². The molecule has 2 aromatic carbocycles. The first-order valence-corrected chi connectivity index (χ1v) is 7.48. The number of halogens is 1. The van der Waals surface area contributed by atoms with Gasteiger partial charge in [0.25, 0.3) is 0 Å². The normalized spacial score (nSPS) is 10.6. The minimum absolute atomic E-state index is 0.229. The van der Waals surface area contributed by atoms with Gasteiger partial charge < -0.3 is 5.32 Å². The molecule has 118 valence electrons. The third-order valence-electron chi connectivity index (χ3n) is 3.39. The van der Waals surface area contributed by atoms with Crippen molar-refractivity contribution in [2.75, 3.05) is 5.32 Å². The lowest BCUT2D eigenvalue weighted by Gasteiger charge is -2.12. The van der Waals surface area contributed by atoms with Crippen LogP contribution in [-0.4, -0.2) is 11.0 Å². The van der Waals surface area contributed by atoms with Crippen molar-refractivity contribution in [2.24, 2.45) is 0 Å². The number of thiocarbonyl (C=S) groups is 1. The number of amides is 1. The maximum atomic E-state index is 12.8. The molecule has 0 aromatic heterocycles. The molecule has 0 aliphatic heterocycles. The smallest absolute Gasteiger partial charge is 0.250 e. The van der Waals surface area contributed by atoms with E-state index in [0.29, 0.717) is 0 Å². The average Bonchev–Trinajstić information content (AvgIpc) is 2.51. The summed E-state index contributed by atoms with van der Waals surface area (Å²) < 4.78 is 12.8. The van der Waals surface area contributed by atoms with E-state index in [9.17, 15) is 9.18 Å². The highest BCUT2D eigenvalue weighted by Crippen LogP contribution is 2.17. The largest absolute Gasteiger partial charge is 0.332 e. The van der Waals surface area contributed by atoms with Crippen LogP contribution in [0.4, 0.5) is 10.1 Å². The number of nitrogens with one attached hydrogen (secondary N) is 2. The molecule has 2 aromatic rings. The van der Waals surface area contributed by atoms with Gasteiger partial charge in [-0.25, -0.2) is 4.39 Å². The summed E-state index contributed by atoms with van der Waals surface area (Å²) >= 11 is 5.14. The van der Waals surface area contributed by atoms with Crippen molar-refractivity contribution in [3.63, 3.8) is 0 Å². The summed E-state index contributed by atoms with van der Waals surface area (Å²) in [6.07, 6.45) is 2.94. The van der Waals surface area contributed by atoms with Crippen molar-refractivity contribution in [1.29, 1.82) is 0 Å². The third-order valence-corrected chi connectivity index (χ3v) is 3.59. The molecule has 0 radical (unpaired) electrons. The topological polar surface area (TPSA) is 41.1 Å². The van der Waals surface area contributed by atoms with E-state index in [4.69, 9.17) is 12.2 Å². The van der Waals surface area contributed by atoms with Gasteiger partial charge in [-0.3, -0.25) is 10.1 Å². The van der Waals surface area contributed by atoms with E-state index >= 15 is 0 Å². The van der Waals surface area contributed by atoms with Crippen molar-refractivity contribution in [1.82, 2.24) is 5.32 Å². The summed E-state index contributed by atoms with van der Waals surface area (Å²) in [7, 11) is 0. The Morgan fingerprint density at radius 2 is 1.83 bits per heavy atom. The number of carbonyl (C=O) groups is 1. The van der Waals surface area contributed by atoms with Gasteiger partial charge in [0.15, 0.2) is 5.11 Å². The van der Waals surface area contributed by atoms with Crippen molar-refractivity contribution in [2.45, 2.75) is 13.8 Å². The van der Waals surface area contributed by atoms with Crippen LogP contribution in [-0.2, 0) is 4.79 Å². The van der Waals surface area contributed by atoms with E-state index in [1.165, 1.54) is 18.2 Å². The van der Waals surface area contributed by atoms with E-state index in [0.717, 1.165) is 22.4 Å². The Kier molecular flexibility index (Phi) is 5.60. The van der Waals surface area contributed by atoms with Crippen LogP contribution in [0, 0.1) is 19.7 Å². The Balaban J connectivity index is 1.93. The predicted octanol–water partition coefficient (Wildman–Crippen LogP) is 3.97. The zero-order valence-corrected chi connectivity index (χ0v) is 13.7. The number of benzene rings is 2. The van der Waals surface area contributed by atoms with E-state index in [1.807, 2.05) is 32.0 Å². The molecule has 0 bridgehead atoms. The van der Waals surface area contributed by atoms with Gasteiger partial charge in [0.2, 0.25) is 5.91 Å². The second-order valence-corrected chi connectivity index (χ2v) is 5.48. The highest BCUT2D eigenvalue weighted by Gasteiger charge is 2.05. The van der Waals surface area contributed by atoms with Crippen LogP contribution in [0.1, 0.15) is 16.7 Å².